The number of nitrogens with zero attached hydrogens (tertiary/aromatic N) is 1. The first kappa shape index (κ1) is 29.0. The van der Waals surface area contributed by atoms with E-state index in [1.807, 2.05) is 44.2 Å². The summed E-state index contributed by atoms with van der Waals surface area (Å²) in [6.45, 7) is 6.73. The third kappa shape index (κ3) is 6.62. The van der Waals surface area contributed by atoms with E-state index in [9.17, 15) is 9.18 Å². The fraction of sp³-hybridized carbons (Fsp3) is 0.382. The van der Waals surface area contributed by atoms with Crippen molar-refractivity contribution in [2.24, 2.45) is 5.92 Å². The van der Waals surface area contributed by atoms with E-state index in [1.54, 1.807) is 7.11 Å². The number of carbonyl (C=O) groups excluding carboxylic acids is 1. The SMILES string of the molecule is CC.COc1cccc(Cl)c1C1=C(c2ccc(CC3CN(CCCF)C3)cc2)c2ccc(C=O)cc2CCC1. The normalized spacial score (nSPS) is 15.5. The Bertz CT molecular complexity index is 1300. The van der Waals surface area contributed by atoms with Gasteiger partial charge in [-0.2, -0.15) is 0 Å². The molecule has 0 radical (unpaired) electrons. The Morgan fingerprint density at radius 1 is 1.05 bits per heavy atom. The van der Waals surface area contributed by atoms with Gasteiger partial charge >= 0.3 is 0 Å². The molecule has 0 bridgehead atoms. The number of fused-ring (bicyclic) bond motifs is 1. The average Bonchev–Trinajstić information content (AvgIpc) is 3.14. The molecule has 39 heavy (non-hydrogen) atoms. The molecular formula is C34H39ClFNO2. The number of methoxy groups -OCH3 is 1. The predicted molar refractivity (Wildman–Crippen MR) is 161 cm³/mol. The van der Waals surface area contributed by atoms with Crippen LogP contribution in [0.5, 0.6) is 5.75 Å². The smallest absolute Gasteiger partial charge is 0.150 e. The average molecular weight is 548 g/mol. The van der Waals surface area contributed by atoms with E-state index in [-0.39, 0.29) is 6.67 Å². The van der Waals surface area contributed by atoms with Crippen LogP contribution in [-0.2, 0) is 12.8 Å². The Morgan fingerprint density at radius 2 is 1.82 bits per heavy atom. The number of rotatable bonds is 9. The van der Waals surface area contributed by atoms with Gasteiger partial charge in [-0.25, -0.2) is 0 Å². The fourth-order valence-electron chi connectivity index (χ4n) is 5.84. The Balaban J connectivity index is 0.00000172. The van der Waals surface area contributed by atoms with Gasteiger partial charge in [-0.1, -0.05) is 67.9 Å². The van der Waals surface area contributed by atoms with Crippen LogP contribution in [0.15, 0.2) is 60.7 Å². The molecule has 0 atom stereocenters. The number of carbonyl (C=O) groups is 1. The summed E-state index contributed by atoms with van der Waals surface area (Å²) in [5.41, 5.74) is 8.78. The first-order valence-corrected chi connectivity index (χ1v) is 14.5. The summed E-state index contributed by atoms with van der Waals surface area (Å²) >= 11 is 6.79. The van der Waals surface area contributed by atoms with Crippen LogP contribution in [-0.4, -0.2) is 44.6 Å². The summed E-state index contributed by atoms with van der Waals surface area (Å²) in [7, 11) is 1.68. The molecule has 0 spiro atoms. The largest absolute Gasteiger partial charge is 0.496 e. The molecule has 2 aliphatic rings. The predicted octanol–water partition coefficient (Wildman–Crippen LogP) is 8.32. The molecule has 1 heterocycles. The third-order valence-corrected chi connectivity index (χ3v) is 7.93. The minimum absolute atomic E-state index is 0.236. The van der Waals surface area contributed by atoms with E-state index in [4.69, 9.17) is 16.3 Å². The fourth-order valence-corrected chi connectivity index (χ4v) is 6.12. The molecule has 5 heteroatoms. The maximum atomic E-state index is 12.4. The summed E-state index contributed by atoms with van der Waals surface area (Å²) in [6, 6.07) is 20.7. The zero-order chi connectivity index (χ0) is 27.8. The van der Waals surface area contributed by atoms with Crippen molar-refractivity contribution in [2.75, 3.05) is 33.4 Å². The summed E-state index contributed by atoms with van der Waals surface area (Å²) in [5, 5.41) is 0.679. The van der Waals surface area contributed by atoms with Gasteiger partial charge in [0.05, 0.1) is 18.8 Å². The molecule has 0 aromatic heterocycles. The molecule has 0 saturated carbocycles. The Kier molecular flexibility index (Phi) is 10.4. The number of allylic oxidation sites excluding steroid dienone is 1. The van der Waals surface area contributed by atoms with Gasteiger partial charge in [0.15, 0.2) is 0 Å². The maximum absolute atomic E-state index is 12.4. The van der Waals surface area contributed by atoms with E-state index >= 15 is 0 Å². The Labute approximate surface area is 237 Å². The number of alkyl halides is 1. The molecule has 0 unspecified atom stereocenters. The number of aldehydes is 1. The van der Waals surface area contributed by atoms with Crippen LogP contribution in [0.2, 0.25) is 5.02 Å². The monoisotopic (exact) mass is 547 g/mol. The van der Waals surface area contributed by atoms with Crippen LogP contribution < -0.4 is 4.74 Å². The second kappa shape index (κ2) is 13.9. The maximum Gasteiger partial charge on any atom is 0.150 e. The van der Waals surface area contributed by atoms with Crippen LogP contribution in [0.4, 0.5) is 4.39 Å². The highest BCUT2D eigenvalue weighted by Crippen LogP contribution is 2.45. The number of aryl methyl sites for hydroxylation is 1. The zero-order valence-corrected chi connectivity index (χ0v) is 24.1. The zero-order valence-electron chi connectivity index (χ0n) is 23.3. The molecule has 3 nitrogen and oxygen atoms in total. The lowest BCUT2D eigenvalue weighted by Crippen LogP contribution is -2.47. The van der Waals surface area contributed by atoms with Crippen LogP contribution in [0.1, 0.15) is 71.3 Å². The first-order chi connectivity index (χ1) is 19.1. The molecule has 1 aliphatic carbocycles. The van der Waals surface area contributed by atoms with Crippen LogP contribution >= 0.6 is 11.6 Å². The van der Waals surface area contributed by atoms with Crippen molar-refractivity contribution in [3.05, 3.63) is 99.1 Å². The number of benzene rings is 3. The van der Waals surface area contributed by atoms with E-state index in [2.05, 4.69) is 35.2 Å². The van der Waals surface area contributed by atoms with Crippen LogP contribution in [0.3, 0.4) is 0 Å². The standard InChI is InChI=1S/C32H33ClFNO2.C2H6/c1-37-30-8-3-7-29(33)32(30)28-6-2-5-26-18-23(21-36)11-14-27(26)31(28)25-12-9-22(10-13-25)17-24-19-35(20-24)16-4-15-34;1-2/h3,7-14,18,21,24H,2,4-6,15-17,19-20H2,1H3;1-2H3. The van der Waals surface area contributed by atoms with Crippen molar-refractivity contribution in [1.82, 2.24) is 4.90 Å². The van der Waals surface area contributed by atoms with Gasteiger partial charge in [0.1, 0.15) is 12.0 Å². The van der Waals surface area contributed by atoms with Gasteiger partial charge in [0.2, 0.25) is 0 Å². The third-order valence-electron chi connectivity index (χ3n) is 7.61. The second-order valence-electron chi connectivity index (χ2n) is 10.1. The van der Waals surface area contributed by atoms with Crippen molar-refractivity contribution in [1.29, 1.82) is 0 Å². The van der Waals surface area contributed by atoms with Gasteiger partial charge in [0.25, 0.3) is 0 Å². The second-order valence-corrected chi connectivity index (χ2v) is 10.5. The topological polar surface area (TPSA) is 29.5 Å². The lowest BCUT2D eigenvalue weighted by atomic mass is 9.86. The number of hydrogen-bond acceptors (Lipinski definition) is 3. The van der Waals surface area contributed by atoms with Gasteiger partial charge in [-0.15, -0.1) is 0 Å². The minimum Gasteiger partial charge on any atom is -0.496 e. The highest BCUT2D eigenvalue weighted by molar-refractivity contribution is 6.33. The van der Waals surface area contributed by atoms with Gasteiger partial charge in [-0.05, 0) is 89.6 Å². The van der Waals surface area contributed by atoms with E-state index in [0.29, 0.717) is 22.9 Å². The lowest BCUT2D eigenvalue weighted by molar-refractivity contribution is 0.0968. The summed E-state index contributed by atoms with van der Waals surface area (Å²) in [6.07, 6.45) is 5.30. The van der Waals surface area contributed by atoms with Gasteiger partial charge < -0.3 is 9.64 Å². The molecule has 1 aliphatic heterocycles. The first-order valence-electron chi connectivity index (χ1n) is 14.1. The van der Waals surface area contributed by atoms with E-state index < -0.39 is 0 Å². The molecule has 3 aromatic carbocycles. The van der Waals surface area contributed by atoms with Crippen molar-refractivity contribution in [2.45, 2.75) is 46.0 Å². The molecule has 3 aromatic rings. The number of halogens is 2. The molecule has 5 rings (SSSR count). The molecule has 1 saturated heterocycles. The van der Waals surface area contributed by atoms with Gasteiger partial charge in [0, 0.05) is 30.8 Å². The van der Waals surface area contributed by atoms with Crippen LogP contribution in [0, 0.1) is 5.92 Å². The number of likely N-dealkylation sites (tertiary alicyclic amines) is 1. The molecule has 0 N–H and O–H groups in total. The highest BCUT2D eigenvalue weighted by Gasteiger charge is 2.27. The number of ether oxygens (including phenoxy) is 1. The quantitative estimate of drug-likeness (QED) is 0.252. The van der Waals surface area contributed by atoms with Crippen molar-refractivity contribution >= 4 is 29.0 Å². The molecule has 1 fully saturated rings. The summed E-state index contributed by atoms with van der Waals surface area (Å²) in [4.78, 5) is 13.8. The van der Waals surface area contributed by atoms with Crippen molar-refractivity contribution < 1.29 is 13.9 Å². The van der Waals surface area contributed by atoms with Crippen molar-refractivity contribution in [3.8, 4) is 5.75 Å². The molecular weight excluding hydrogens is 509 g/mol. The van der Waals surface area contributed by atoms with E-state index in [0.717, 1.165) is 79.6 Å². The molecule has 0 amide bonds. The highest BCUT2D eigenvalue weighted by atomic mass is 35.5. The summed E-state index contributed by atoms with van der Waals surface area (Å²) in [5.74, 6) is 1.40. The van der Waals surface area contributed by atoms with Gasteiger partial charge in [-0.3, -0.25) is 9.18 Å². The summed E-state index contributed by atoms with van der Waals surface area (Å²) < 4.78 is 18.2. The number of hydrogen-bond donors (Lipinski definition) is 0. The van der Waals surface area contributed by atoms with Crippen molar-refractivity contribution in [3.63, 3.8) is 0 Å². The Morgan fingerprint density at radius 3 is 2.51 bits per heavy atom. The van der Waals surface area contributed by atoms with E-state index in [1.165, 1.54) is 16.7 Å². The minimum atomic E-state index is -0.236. The van der Waals surface area contributed by atoms with Crippen LogP contribution in [0.25, 0.3) is 11.1 Å². The molecule has 206 valence electrons. The lowest BCUT2D eigenvalue weighted by Gasteiger charge is -2.39. The Hall–Kier alpha value is -2.95.